The predicted octanol–water partition coefficient (Wildman–Crippen LogP) is 2.94. The van der Waals surface area contributed by atoms with E-state index in [1.807, 2.05) is 12.1 Å². The predicted molar refractivity (Wildman–Crippen MR) is 78.4 cm³/mol. The van der Waals surface area contributed by atoms with Crippen LogP contribution in [0.3, 0.4) is 0 Å². The summed E-state index contributed by atoms with van der Waals surface area (Å²) in [4.78, 5) is 19.2. The number of para-hydroxylation sites is 1. The molecule has 1 aromatic carbocycles. The van der Waals surface area contributed by atoms with Crippen LogP contribution in [0.4, 0.5) is 4.39 Å². The third-order valence-corrected chi connectivity index (χ3v) is 3.40. The minimum absolute atomic E-state index is 0.221. The second-order valence-corrected chi connectivity index (χ2v) is 4.83. The molecule has 0 spiro atoms. The number of hydrogen-bond donors (Lipinski definition) is 2. The van der Waals surface area contributed by atoms with E-state index >= 15 is 0 Å². The number of benzene rings is 1. The Morgan fingerprint density at radius 3 is 2.81 bits per heavy atom. The Kier molecular flexibility index (Phi) is 3.39. The summed E-state index contributed by atoms with van der Waals surface area (Å²) in [6, 6.07) is 8.38. The van der Waals surface area contributed by atoms with Crippen molar-refractivity contribution in [3.8, 4) is 0 Å². The molecule has 0 atom stereocenters. The number of carbonyl (C=O) groups is 1. The Hall–Kier alpha value is -2.69. The van der Waals surface area contributed by atoms with Gasteiger partial charge in [0.25, 0.3) is 5.91 Å². The molecule has 1 amide bonds. The minimum Gasteiger partial charge on any atom is -0.356 e. The number of aryl methyl sites for hydroxylation is 1. The molecule has 2 heterocycles. The van der Waals surface area contributed by atoms with Gasteiger partial charge in [0, 0.05) is 30.0 Å². The van der Waals surface area contributed by atoms with Crippen LogP contribution in [0.25, 0.3) is 10.9 Å². The topological polar surface area (TPSA) is 57.8 Å². The number of aromatic nitrogens is 2. The molecule has 3 aromatic rings. The van der Waals surface area contributed by atoms with Crippen molar-refractivity contribution in [3.63, 3.8) is 0 Å². The highest BCUT2D eigenvalue weighted by Gasteiger charge is 2.17. The zero-order chi connectivity index (χ0) is 14.8. The molecule has 0 aliphatic heterocycles. The highest BCUT2D eigenvalue weighted by Crippen LogP contribution is 2.24. The Morgan fingerprint density at radius 2 is 2.05 bits per heavy atom. The molecular formula is C16H14FN3O. The number of hydrogen-bond acceptors (Lipinski definition) is 2. The molecule has 4 nitrogen and oxygen atoms in total. The van der Waals surface area contributed by atoms with Gasteiger partial charge in [-0.3, -0.25) is 9.78 Å². The van der Waals surface area contributed by atoms with Crippen LogP contribution in [0, 0.1) is 12.7 Å². The lowest BCUT2D eigenvalue weighted by Crippen LogP contribution is -2.23. The Bertz CT molecular complexity index is 796. The molecule has 0 unspecified atom stereocenters. The largest absolute Gasteiger partial charge is 0.356 e. The summed E-state index contributed by atoms with van der Waals surface area (Å²) < 4.78 is 13.7. The third-order valence-electron chi connectivity index (χ3n) is 3.40. The summed E-state index contributed by atoms with van der Waals surface area (Å²) in [5.74, 6) is -0.579. The van der Waals surface area contributed by atoms with Gasteiger partial charge < -0.3 is 10.3 Å². The first kappa shape index (κ1) is 13.3. The maximum atomic E-state index is 13.7. The summed E-state index contributed by atoms with van der Waals surface area (Å²) in [5.41, 5.74) is 2.46. The van der Waals surface area contributed by atoms with E-state index in [-0.39, 0.29) is 11.7 Å². The highest BCUT2D eigenvalue weighted by molar-refractivity contribution is 6.08. The van der Waals surface area contributed by atoms with Crippen molar-refractivity contribution in [2.45, 2.75) is 13.5 Å². The number of nitrogens with one attached hydrogen (secondary N) is 2. The van der Waals surface area contributed by atoms with Gasteiger partial charge in [0.2, 0.25) is 0 Å². The lowest BCUT2D eigenvalue weighted by molar-refractivity contribution is 0.0952. The van der Waals surface area contributed by atoms with Crippen LogP contribution in [0.5, 0.6) is 0 Å². The molecule has 0 radical (unpaired) electrons. The maximum absolute atomic E-state index is 13.7. The Labute approximate surface area is 121 Å². The first-order valence-corrected chi connectivity index (χ1v) is 6.60. The number of pyridine rings is 1. The molecule has 0 aliphatic rings. The molecule has 0 saturated carbocycles. The number of nitrogens with zero attached hydrogens (tertiary/aromatic N) is 1. The molecule has 0 fully saturated rings. The summed E-state index contributed by atoms with van der Waals surface area (Å²) in [6.45, 7) is 2.17. The van der Waals surface area contributed by atoms with Gasteiger partial charge in [-0.25, -0.2) is 4.39 Å². The van der Waals surface area contributed by atoms with E-state index in [0.29, 0.717) is 28.7 Å². The van der Waals surface area contributed by atoms with E-state index in [0.717, 1.165) is 5.56 Å². The summed E-state index contributed by atoms with van der Waals surface area (Å²) in [7, 11) is 0. The van der Waals surface area contributed by atoms with Crippen molar-refractivity contribution in [1.29, 1.82) is 0 Å². The molecule has 0 saturated heterocycles. The summed E-state index contributed by atoms with van der Waals surface area (Å²) in [5, 5.41) is 3.44. The number of carbonyl (C=O) groups excluding carboxylic acids is 1. The van der Waals surface area contributed by atoms with Crippen LogP contribution in [0.15, 0.2) is 42.7 Å². The smallest absolute Gasteiger partial charge is 0.253 e. The van der Waals surface area contributed by atoms with Gasteiger partial charge in [-0.1, -0.05) is 12.1 Å². The van der Waals surface area contributed by atoms with E-state index in [1.54, 1.807) is 31.5 Å². The molecular weight excluding hydrogens is 269 g/mol. The number of halogens is 1. The molecule has 0 aliphatic carbocycles. The van der Waals surface area contributed by atoms with E-state index in [9.17, 15) is 9.18 Å². The fourth-order valence-electron chi connectivity index (χ4n) is 2.38. The number of H-pyrrole nitrogens is 1. The van der Waals surface area contributed by atoms with Gasteiger partial charge >= 0.3 is 0 Å². The first-order valence-electron chi connectivity index (χ1n) is 6.60. The fraction of sp³-hybridized carbons (Fsp3) is 0.125. The Morgan fingerprint density at radius 1 is 1.29 bits per heavy atom. The van der Waals surface area contributed by atoms with Crippen molar-refractivity contribution in [1.82, 2.24) is 15.3 Å². The van der Waals surface area contributed by atoms with Gasteiger partial charge in [0.05, 0.1) is 11.1 Å². The second kappa shape index (κ2) is 5.36. The van der Waals surface area contributed by atoms with E-state index < -0.39 is 0 Å². The first-order chi connectivity index (χ1) is 10.2. The number of fused-ring (bicyclic) bond motifs is 1. The van der Waals surface area contributed by atoms with Crippen LogP contribution >= 0.6 is 0 Å². The number of aromatic amines is 1. The van der Waals surface area contributed by atoms with Crippen molar-refractivity contribution in [2.75, 3.05) is 0 Å². The Balaban J connectivity index is 1.88. The number of rotatable bonds is 3. The van der Waals surface area contributed by atoms with E-state index in [1.165, 1.54) is 6.07 Å². The molecule has 2 N–H and O–H groups in total. The molecule has 106 valence electrons. The SMILES string of the molecule is Cc1[nH]c2c(F)cccc2c1C(=O)NCc1ccncc1. The van der Waals surface area contributed by atoms with Crippen LogP contribution in [0.1, 0.15) is 21.6 Å². The van der Waals surface area contributed by atoms with Gasteiger partial charge in [-0.05, 0) is 30.7 Å². The third kappa shape index (κ3) is 2.50. The van der Waals surface area contributed by atoms with E-state index in [4.69, 9.17) is 0 Å². The molecule has 0 bridgehead atoms. The van der Waals surface area contributed by atoms with Crippen LogP contribution in [0.2, 0.25) is 0 Å². The summed E-state index contributed by atoms with van der Waals surface area (Å²) >= 11 is 0. The average Bonchev–Trinajstić information content (AvgIpc) is 2.84. The standard InChI is InChI=1S/C16H14FN3O/c1-10-14(12-3-2-4-13(17)15(12)20-10)16(21)19-9-11-5-7-18-8-6-11/h2-8,20H,9H2,1H3,(H,19,21). The second-order valence-electron chi connectivity index (χ2n) is 4.83. The summed E-state index contributed by atoms with van der Waals surface area (Å²) in [6.07, 6.45) is 3.35. The molecule has 5 heteroatoms. The van der Waals surface area contributed by atoms with Crippen molar-refractivity contribution in [3.05, 3.63) is 65.4 Å². The highest BCUT2D eigenvalue weighted by atomic mass is 19.1. The zero-order valence-corrected chi connectivity index (χ0v) is 11.5. The van der Waals surface area contributed by atoms with Crippen molar-refractivity contribution < 1.29 is 9.18 Å². The van der Waals surface area contributed by atoms with Gasteiger partial charge in [-0.15, -0.1) is 0 Å². The van der Waals surface area contributed by atoms with Gasteiger partial charge in [-0.2, -0.15) is 0 Å². The molecule has 21 heavy (non-hydrogen) atoms. The minimum atomic E-state index is -0.358. The molecule has 3 rings (SSSR count). The normalized spacial score (nSPS) is 10.8. The van der Waals surface area contributed by atoms with Crippen LogP contribution < -0.4 is 5.32 Å². The average molecular weight is 283 g/mol. The van der Waals surface area contributed by atoms with Crippen LogP contribution in [-0.4, -0.2) is 15.9 Å². The zero-order valence-electron chi connectivity index (χ0n) is 11.5. The fourth-order valence-corrected chi connectivity index (χ4v) is 2.38. The monoisotopic (exact) mass is 283 g/mol. The van der Waals surface area contributed by atoms with Crippen molar-refractivity contribution in [2.24, 2.45) is 0 Å². The van der Waals surface area contributed by atoms with Crippen molar-refractivity contribution >= 4 is 16.8 Å². The van der Waals surface area contributed by atoms with Gasteiger partial charge in [0.1, 0.15) is 5.82 Å². The lowest BCUT2D eigenvalue weighted by Gasteiger charge is -2.05. The van der Waals surface area contributed by atoms with Gasteiger partial charge in [0.15, 0.2) is 0 Å². The lowest BCUT2D eigenvalue weighted by atomic mass is 10.1. The molecule has 2 aromatic heterocycles. The maximum Gasteiger partial charge on any atom is 0.253 e. The number of amides is 1. The van der Waals surface area contributed by atoms with E-state index in [2.05, 4.69) is 15.3 Å². The quantitative estimate of drug-likeness (QED) is 0.776. The van der Waals surface area contributed by atoms with Crippen LogP contribution in [-0.2, 0) is 6.54 Å².